The lowest BCUT2D eigenvalue weighted by molar-refractivity contribution is -0.191. The Labute approximate surface area is 138 Å². The van der Waals surface area contributed by atoms with E-state index < -0.39 is 12.0 Å². The van der Waals surface area contributed by atoms with Gasteiger partial charge in [0.05, 0.1) is 12.9 Å². The van der Waals surface area contributed by atoms with Crippen molar-refractivity contribution in [3.05, 3.63) is 24.8 Å². The average Bonchev–Trinajstić information content (AvgIpc) is 3.17. The number of aliphatic hydroxyl groups is 1. The number of hydrogen-bond donors (Lipinski definition) is 2. The second-order valence-electron chi connectivity index (χ2n) is 6.25. The number of aromatic nitrogens is 4. The van der Waals surface area contributed by atoms with Gasteiger partial charge in [-0.05, 0) is 13.8 Å². The fourth-order valence-electron chi connectivity index (χ4n) is 3.24. The standard InChI is InChI=1S/C15H19N5O4/c1-15(2)23-10-8(4-3-5-21)22-14(11(10)24-15)20-7-19-9-12(16)17-6-18-13(9)20/h3-4,6-8,10-11,14,21H,5H2,1-2H3,(H2,16,17,18)/b4-3+. The molecule has 2 saturated heterocycles. The third-order valence-electron chi connectivity index (χ3n) is 4.16. The van der Waals surface area contributed by atoms with Crippen LogP contribution in [0.2, 0.25) is 0 Å². The van der Waals surface area contributed by atoms with Crippen molar-refractivity contribution in [1.82, 2.24) is 19.5 Å². The highest BCUT2D eigenvalue weighted by Crippen LogP contribution is 2.44. The predicted molar refractivity (Wildman–Crippen MR) is 83.7 cm³/mol. The quantitative estimate of drug-likeness (QED) is 0.774. The fraction of sp³-hybridized carbons (Fsp3) is 0.533. The summed E-state index contributed by atoms with van der Waals surface area (Å²) in [6.07, 6.45) is 4.99. The van der Waals surface area contributed by atoms with Crippen molar-refractivity contribution in [3.63, 3.8) is 0 Å². The van der Waals surface area contributed by atoms with E-state index in [0.717, 1.165) is 0 Å². The van der Waals surface area contributed by atoms with Crippen LogP contribution < -0.4 is 5.73 Å². The van der Waals surface area contributed by atoms with E-state index in [1.807, 2.05) is 13.8 Å². The molecular formula is C15H19N5O4. The molecule has 24 heavy (non-hydrogen) atoms. The average molecular weight is 333 g/mol. The first-order chi connectivity index (χ1) is 11.5. The zero-order valence-corrected chi connectivity index (χ0v) is 13.4. The molecule has 4 atom stereocenters. The molecule has 0 aromatic carbocycles. The van der Waals surface area contributed by atoms with Gasteiger partial charge in [-0.1, -0.05) is 12.2 Å². The number of anilines is 1. The van der Waals surface area contributed by atoms with Gasteiger partial charge in [-0.2, -0.15) is 0 Å². The number of nitrogens with zero attached hydrogens (tertiary/aromatic N) is 4. The van der Waals surface area contributed by atoms with E-state index in [-0.39, 0.29) is 24.9 Å². The number of nitrogen functional groups attached to an aromatic ring is 1. The lowest BCUT2D eigenvalue weighted by Gasteiger charge is -2.24. The van der Waals surface area contributed by atoms with Crippen molar-refractivity contribution in [2.75, 3.05) is 12.3 Å². The van der Waals surface area contributed by atoms with Crippen LogP contribution in [0.5, 0.6) is 0 Å². The van der Waals surface area contributed by atoms with Gasteiger partial charge in [-0.15, -0.1) is 0 Å². The summed E-state index contributed by atoms with van der Waals surface area (Å²) < 4.78 is 19.9. The molecule has 2 aliphatic rings. The van der Waals surface area contributed by atoms with Gasteiger partial charge in [0.15, 0.2) is 23.5 Å². The van der Waals surface area contributed by atoms with Crippen molar-refractivity contribution in [2.45, 2.75) is 44.2 Å². The first-order valence-corrected chi connectivity index (χ1v) is 7.72. The van der Waals surface area contributed by atoms with Crippen LogP contribution in [-0.4, -0.2) is 55.3 Å². The van der Waals surface area contributed by atoms with Gasteiger partial charge in [-0.3, -0.25) is 4.57 Å². The molecule has 0 spiro atoms. The molecular weight excluding hydrogens is 314 g/mol. The molecule has 4 heterocycles. The summed E-state index contributed by atoms with van der Waals surface area (Å²) in [5.74, 6) is -0.401. The number of nitrogens with two attached hydrogens (primary N) is 1. The number of fused-ring (bicyclic) bond motifs is 2. The van der Waals surface area contributed by atoms with Crippen LogP contribution in [0.4, 0.5) is 5.82 Å². The second-order valence-corrected chi connectivity index (χ2v) is 6.25. The fourth-order valence-corrected chi connectivity index (χ4v) is 3.24. The van der Waals surface area contributed by atoms with Gasteiger partial charge in [0, 0.05) is 0 Å². The van der Waals surface area contributed by atoms with Crippen molar-refractivity contribution in [2.24, 2.45) is 0 Å². The molecule has 2 aromatic rings. The normalized spacial score (nSPS) is 32.0. The Kier molecular flexibility index (Phi) is 3.53. The predicted octanol–water partition coefficient (Wildman–Crippen LogP) is 0.374. The van der Waals surface area contributed by atoms with Crippen molar-refractivity contribution in [1.29, 1.82) is 0 Å². The first kappa shape index (κ1) is 15.5. The van der Waals surface area contributed by atoms with Gasteiger partial charge in [0.2, 0.25) is 0 Å². The molecule has 128 valence electrons. The second kappa shape index (κ2) is 5.49. The van der Waals surface area contributed by atoms with Crippen LogP contribution >= 0.6 is 0 Å². The number of hydrogen-bond acceptors (Lipinski definition) is 8. The van der Waals surface area contributed by atoms with E-state index >= 15 is 0 Å². The molecule has 2 fully saturated rings. The van der Waals surface area contributed by atoms with E-state index in [4.69, 9.17) is 25.1 Å². The van der Waals surface area contributed by atoms with Crippen LogP contribution in [-0.2, 0) is 14.2 Å². The summed E-state index contributed by atoms with van der Waals surface area (Å²) in [5, 5.41) is 9.03. The molecule has 9 nitrogen and oxygen atoms in total. The summed E-state index contributed by atoms with van der Waals surface area (Å²) >= 11 is 0. The van der Waals surface area contributed by atoms with Gasteiger partial charge in [-0.25, -0.2) is 15.0 Å². The summed E-state index contributed by atoms with van der Waals surface area (Å²) in [5.41, 5.74) is 6.94. The SMILES string of the molecule is CC1(C)OC2C(/C=C/CO)OC(n3cnc4c(N)ncnc43)C2O1. The molecule has 4 unspecified atom stereocenters. The van der Waals surface area contributed by atoms with E-state index in [1.165, 1.54) is 6.33 Å². The summed E-state index contributed by atoms with van der Waals surface area (Å²) in [7, 11) is 0. The molecule has 4 rings (SSSR count). The molecule has 2 aliphatic heterocycles. The van der Waals surface area contributed by atoms with Gasteiger partial charge >= 0.3 is 0 Å². The van der Waals surface area contributed by atoms with Gasteiger partial charge in [0.1, 0.15) is 30.2 Å². The van der Waals surface area contributed by atoms with E-state index in [2.05, 4.69) is 15.0 Å². The van der Waals surface area contributed by atoms with Crippen LogP contribution in [0.3, 0.4) is 0 Å². The number of ether oxygens (including phenoxy) is 3. The smallest absolute Gasteiger partial charge is 0.167 e. The van der Waals surface area contributed by atoms with Crippen molar-refractivity contribution < 1.29 is 19.3 Å². The summed E-state index contributed by atoms with van der Waals surface area (Å²) in [4.78, 5) is 12.5. The van der Waals surface area contributed by atoms with Crippen molar-refractivity contribution in [3.8, 4) is 0 Å². The molecule has 3 N–H and O–H groups in total. The molecule has 0 amide bonds. The molecule has 9 heteroatoms. The van der Waals surface area contributed by atoms with E-state index in [1.54, 1.807) is 23.0 Å². The monoisotopic (exact) mass is 333 g/mol. The maximum atomic E-state index is 9.03. The number of aliphatic hydroxyl groups excluding tert-OH is 1. The number of rotatable bonds is 3. The highest BCUT2D eigenvalue weighted by atomic mass is 16.8. The zero-order valence-electron chi connectivity index (χ0n) is 13.4. The third kappa shape index (κ3) is 2.37. The largest absolute Gasteiger partial charge is 0.392 e. The minimum atomic E-state index is -0.715. The Morgan fingerprint density at radius 2 is 2.08 bits per heavy atom. The van der Waals surface area contributed by atoms with Crippen LogP contribution in [0.1, 0.15) is 20.1 Å². The Morgan fingerprint density at radius 1 is 1.29 bits per heavy atom. The lowest BCUT2D eigenvalue weighted by atomic mass is 10.1. The minimum Gasteiger partial charge on any atom is -0.392 e. The van der Waals surface area contributed by atoms with Gasteiger partial charge in [0.25, 0.3) is 0 Å². The molecule has 0 bridgehead atoms. The van der Waals surface area contributed by atoms with Crippen LogP contribution in [0.15, 0.2) is 24.8 Å². The van der Waals surface area contributed by atoms with E-state index in [0.29, 0.717) is 17.0 Å². The highest BCUT2D eigenvalue weighted by Gasteiger charge is 2.55. The lowest BCUT2D eigenvalue weighted by Crippen LogP contribution is -2.28. The molecule has 0 saturated carbocycles. The van der Waals surface area contributed by atoms with Crippen LogP contribution in [0.25, 0.3) is 11.2 Å². The maximum Gasteiger partial charge on any atom is 0.167 e. The summed E-state index contributed by atoms with van der Waals surface area (Å²) in [6, 6.07) is 0. The van der Waals surface area contributed by atoms with Gasteiger partial charge < -0.3 is 25.1 Å². The highest BCUT2D eigenvalue weighted by molar-refractivity contribution is 5.81. The maximum absolute atomic E-state index is 9.03. The van der Waals surface area contributed by atoms with Crippen LogP contribution in [0, 0.1) is 0 Å². The minimum absolute atomic E-state index is 0.0655. The Balaban J connectivity index is 1.74. The van der Waals surface area contributed by atoms with E-state index in [9.17, 15) is 0 Å². The Bertz CT molecular complexity index is 789. The molecule has 0 aliphatic carbocycles. The topological polar surface area (TPSA) is 118 Å². The number of imidazole rings is 1. The first-order valence-electron chi connectivity index (χ1n) is 7.72. The Morgan fingerprint density at radius 3 is 2.88 bits per heavy atom. The molecule has 0 radical (unpaired) electrons. The third-order valence-corrected chi connectivity index (χ3v) is 4.16. The van der Waals surface area contributed by atoms with Crippen molar-refractivity contribution >= 4 is 17.0 Å². The Hall–Kier alpha value is -2.07. The zero-order chi connectivity index (χ0) is 16.9. The molecule has 2 aromatic heterocycles. The summed E-state index contributed by atoms with van der Waals surface area (Å²) in [6.45, 7) is 3.66.